The lowest BCUT2D eigenvalue weighted by Crippen LogP contribution is -2.07. The van der Waals surface area contributed by atoms with Crippen molar-refractivity contribution < 1.29 is 4.74 Å². The quantitative estimate of drug-likeness (QED) is 0.750. The van der Waals surface area contributed by atoms with Gasteiger partial charge in [0.2, 0.25) is 5.88 Å². The van der Waals surface area contributed by atoms with Gasteiger partial charge in [-0.3, -0.25) is 4.98 Å². The summed E-state index contributed by atoms with van der Waals surface area (Å²) in [6.07, 6.45) is 8.57. The molecule has 0 saturated carbocycles. The molecule has 7 nitrogen and oxygen atoms in total. The van der Waals surface area contributed by atoms with E-state index in [0.29, 0.717) is 30.7 Å². The monoisotopic (exact) mass is 296 g/mol. The van der Waals surface area contributed by atoms with Gasteiger partial charge in [0, 0.05) is 30.7 Å². The summed E-state index contributed by atoms with van der Waals surface area (Å²) in [5.74, 6) is 1.96. The summed E-state index contributed by atoms with van der Waals surface area (Å²) in [5, 5.41) is 7.37. The van der Waals surface area contributed by atoms with Crippen molar-refractivity contribution >= 4 is 5.82 Å². The smallest absolute Gasteiger partial charge is 0.218 e. The molecule has 0 aliphatic rings. The average Bonchev–Trinajstić information content (AvgIpc) is 3.09. The topological polar surface area (TPSA) is 77.8 Å². The number of pyridine rings is 1. The van der Waals surface area contributed by atoms with Gasteiger partial charge in [-0.05, 0) is 19.1 Å². The summed E-state index contributed by atoms with van der Waals surface area (Å²) >= 11 is 0. The SMILES string of the molecule is CCOc1ncccc1CNc1cncc(-n2cccn2)n1. The second kappa shape index (κ2) is 6.66. The van der Waals surface area contributed by atoms with Crippen LogP contribution in [0.2, 0.25) is 0 Å². The Kier molecular flexibility index (Phi) is 4.24. The van der Waals surface area contributed by atoms with E-state index in [-0.39, 0.29) is 0 Å². The number of rotatable bonds is 6. The van der Waals surface area contributed by atoms with Crippen molar-refractivity contribution in [3.05, 3.63) is 54.7 Å². The normalized spacial score (nSPS) is 10.4. The molecule has 0 unspecified atom stereocenters. The molecule has 3 aromatic heterocycles. The molecule has 3 aromatic rings. The molecular formula is C15H16N6O. The van der Waals surface area contributed by atoms with Gasteiger partial charge >= 0.3 is 0 Å². The Balaban J connectivity index is 1.73. The number of nitrogens with one attached hydrogen (secondary N) is 1. The van der Waals surface area contributed by atoms with E-state index in [0.717, 1.165) is 5.56 Å². The Labute approximate surface area is 128 Å². The largest absolute Gasteiger partial charge is 0.478 e. The van der Waals surface area contributed by atoms with Crippen molar-refractivity contribution in [3.8, 4) is 11.7 Å². The van der Waals surface area contributed by atoms with Crippen molar-refractivity contribution in [1.29, 1.82) is 0 Å². The Morgan fingerprint density at radius 2 is 2.18 bits per heavy atom. The molecule has 3 heterocycles. The van der Waals surface area contributed by atoms with E-state index in [1.54, 1.807) is 29.5 Å². The average molecular weight is 296 g/mol. The minimum Gasteiger partial charge on any atom is -0.478 e. The molecule has 0 radical (unpaired) electrons. The van der Waals surface area contributed by atoms with Gasteiger partial charge < -0.3 is 10.1 Å². The van der Waals surface area contributed by atoms with Crippen LogP contribution in [0.3, 0.4) is 0 Å². The minimum atomic E-state index is 0.556. The summed E-state index contributed by atoms with van der Waals surface area (Å²) in [6, 6.07) is 5.69. The van der Waals surface area contributed by atoms with Gasteiger partial charge in [0.1, 0.15) is 5.82 Å². The molecule has 1 N–H and O–H groups in total. The van der Waals surface area contributed by atoms with Crippen LogP contribution in [0.4, 0.5) is 5.82 Å². The van der Waals surface area contributed by atoms with Crippen LogP contribution in [0.5, 0.6) is 5.88 Å². The van der Waals surface area contributed by atoms with E-state index >= 15 is 0 Å². The fourth-order valence-corrected chi connectivity index (χ4v) is 1.97. The summed E-state index contributed by atoms with van der Waals surface area (Å²) in [4.78, 5) is 12.9. The summed E-state index contributed by atoms with van der Waals surface area (Å²) in [5.41, 5.74) is 0.968. The maximum atomic E-state index is 5.51. The van der Waals surface area contributed by atoms with Crippen molar-refractivity contribution in [3.63, 3.8) is 0 Å². The highest BCUT2D eigenvalue weighted by Crippen LogP contribution is 2.16. The molecule has 0 aliphatic carbocycles. The summed E-state index contributed by atoms with van der Waals surface area (Å²) in [7, 11) is 0. The van der Waals surface area contributed by atoms with Crippen LogP contribution in [0.15, 0.2) is 49.2 Å². The first-order valence-corrected chi connectivity index (χ1v) is 6.99. The first-order valence-electron chi connectivity index (χ1n) is 6.99. The van der Waals surface area contributed by atoms with Crippen LogP contribution in [-0.2, 0) is 6.54 Å². The molecule has 7 heteroatoms. The number of anilines is 1. The molecular weight excluding hydrogens is 280 g/mol. The van der Waals surface area contributed by atoms with Crippen molar-refractivity contribution in [2.45, 2.75) is 13.5 Å². The van der Waals surface area contributed by atoms with Crippen LogP contribution < -0.4 is 10.1 Å². The number of aromatic nitrogens is 5. The second-order valence-corrected chi connectivity index (χ2v) is 4.47. The van der Waals surface area contributed by atoms with Crippen molar-refractivity contribution in [2.24, 2.45) is 0 Å². The number of nitrogens with zero attached hydrogens (tertiary/aromatic N) is 5. The third-order valence-corrected chi connectivity index (χ3v) is 2.95. The number of hydrogen-bond acceptors (Lipinski definition) is 6. The minimum absolute atomic E-state index is 0.556. The van der Waals surface area contributed by atoms with Gasteiger partial charge in [-0.2, -0.15) is 5.10 Å². The lowest BCUT2D eigenvalue weighted by atomic mass is 10.2. The van der Waals surface area contributed by atoms with Crippen molar-refractivity contribution in [1.82, 2.24) is 24.7 Å². The Morgan fingerprint density at radius 1 is 1.23 bits per heavy atom. The maximum Gasteiger partial charge on any atom is 0.218 e. The van der Waals surface area contributed by atoms with Gasteiger partial charge in [-0.25, -0.2) is 14.6 Å². The van der Waals surface area contributed by atoms with Crippen LogP contribution in [0.1, 0.15) is 12.5 Å². The van der Waals surface area contributed by atoms with Gasteiger partial charge in [0.15, 0.2) is 5.82 Å². The molecule has 0 saturated heterocycles. The zero-order valence-electron chi connectivity index (χ0n) is 12.2. The lowest BCUT2D eigenvalue weighted by molar-refractivity contribution is 0.323. The highest BCUT2D eigenvalue weighted by Gasteiger charge is 2.05. The first kappa shape index (κ1) is 14.0. The molecule has 0 amide bonds. The molecule has 3 rings (SSSR count). The van der Waals surface area contributed by atoms with E-state index in [1.165, 1.54) is 0 Å². The summed E-state index contributed by atoms with van der Waals surface area (Å²) < 4.78 is 7.17. The number of hydrogen-bond donors (Lipinski definition) is 1. The fraction of sp³-hybridized carbons (Fsp3) is 0.200. The second-order valence-electron chi connectivity index (χ2n) is 4.47. The molecule has 0 aromatic carbocycles. The highest BCUT2D eigenvalue weighted by molar-refractivity contribution is 5.38. The zero-order valence-corrected chi connectivity index (χ0v) is 12.2. The van der Waals surface area contributed by atoms with Crippen LogP contribution in [-0.4, -0.2) is 31.3 Å². The number of ether oxygens (including phenoxy) is 1. The zero-order chi connectivity index (χ0) is 15.2. The Morgan fingerprint density at radius 3 is 3.00 bits per heavy atom. The van der Waals surface area contributed by atoms with E-state index in [4.69, 9.17) is 4.74 Å². The fourth-order valence-electron chi connectivity index (χ4n) is 1.97. The lowest BCUT2D eigenvalue weighted by Gasteiger charge is -2.10. The molecule has 112 valence electrons. The summed E-state index contributed by atoms with van der Waals surface area (Å²) in [6.45, 7) is 3.07. The highest BCUT2D eigenvalue weighted by atomic mass is 16.5. The standard InChI is InChI=1S/C15H16N6O/c1-2-22-15-12(5-3-6-17-15)9-18-13-10-16-11-14(20-13)21-8-4-7-19-21/h3-8,10-11H,2,9H2,1H3,(H,18,20). The maximum absolute atomic E-state index is 5.51. The molecule has 0 bridgehead atoms. The van der Waals surface area contributed by atoms with Gasteiger partial charge in [-0.15, -0.1) is 0 Å². The van der Waals surface area contributed by atoms with E-state index in [1.807, 2.05) is 31.3 Å². The van der Waals surface area contributed by atoms with Gasteiger partial charge in [0.05, 0.1) is 19.0 Å². The Hall–Kier alpha value is -2.96. The van der Waals surface area contributed by atoms with E-state index in [2.05, 4.69) is 25.4 Å². The van der Waals surface area contributed by atoms with E-state index < -0.39 is 0 Å². The molecule has 0 atom stereocenters. The van der Waals surface area contributed by atoms with Crippen LogP contribution >= 0.6 is 0 Å². The predicted molar refractivity (Wildman–Crippen MR) is 81.9 cm³/mol. The van der Waals surface area contributed by atoms with Gasteiger partial charge in [-0.1, -0.05) is 6.07 Å². The van der Waals surface area contributed by atoms with Crippen LogP contribution in [0, 0.1) is 0 Å². The first-order chi connectivity index (χ1) is 10.9. The third-order valence-electron chi connectivity index (χ3n) is 2.95. The predicted octanol–water partition coefficient (Wildman–Crippen LogP) is 2.07. The third kappa shape index (κ3) is 3.20. The molecule has 0 aliphatic heterocycles. The molecule has 0 spiro atoms. The van der Waals surface area contributed by atoms with Crippen molar-refractivity contribution in [2.75, 3.05) is 11.9 Å². The molecule has 0 fully saturated rings. The molecule has 22 heavy (non-hydrogen) atoms. The Bertz CT molecular complexity index is 728. The van der Waals surface area contributed by atoms with Crippen LogP contribution in [0.25, 0.3) is 5.82 Å². The van der Waals surface area contributed by atoms with Gasteiger partial charge in [0.25, 0.3) is 0 Å². The van der Waals surface area contributed by atoms with E-state index in [9.17, 15) is 0 Å².